The van der Waals surface area contributed by atoms with Gasteiger partial charge in [0.25, 0.3) is 21.5 Å². The standard InChI is InChI=1S/C24H21ClN4O4S/c1-16-22(24(31)29(28(16)2)20-6-4-3-5-7-20)26-23(30)17-8-14-21(15-9-17)34(32,33)27-19-12-10-18(25)11-13-19/h3-15,27H,1-2H3,(H,26,30). The Kier molecular flexibility index (Phi) is 6.32. The third-order valence-corrected chi connectivity index (χ3v) is 6.97. The van der Waals surface area contributed by atoms with Gasteiger partial charge in [-0.2, -0.15) is 0 Å². The summed E-state index contributed by atoms with van der Waals surface area (Å²) in [5.74, 6) is -0.527. The smallest absolute Gasteiger partial charge is 0.295 e. The minimum Gasteiger partial charge on any atom is -0.316 e. The Hall–Kier alpha value is -3.82. The first kappa shape index (κ1) is 23.3. The molecule has 4 aromatic rings. The number of para-hydroxylation sites is 1. The molecule has 1 amide bonds. The third-order valence-electron chi connectivity index (χ3n) is 5.32. The molecule has 0 aliphatic rings. The van der Waals surface area contributed by atoms with Crippen molar-refractivity contribution in [2.75, 3.05) is 10.0 Å². The second-order valence-electron chi connectivity index (χ2n) is 7.53. The second-order valence-corrected chi connectivity index (χ2v) is 9.65. The molecule has 0 saturated carbocycles. The van der Waals surface area contributed by atoms with E-state index >= 15 is 0 Å². The van der Waals surface area contributed by atoms with Crippen molar-refractivity contribution in [2.45, 2.75) is 11.8 Å². The highest BCUT2D eigenvalue weighted by Crippen LogP contribution is 2.20. The van der Waals surface area contributed by atoms with Crippen LogP contribution in [0.1, 0.15) is 16.1 Å². The summed E-state index contributed by atoms with van der Waals surface area (Å²) in [4.78, 5) is 25.8. The fraction of sp³-hybridized carbons (Fsp3) is 0.0833. The van der Waals surface area contributed by atoms with Gasteiger partial charge in [0.1, 0.15) is 5.69 Å². The van der Waals surface area contributed by atoms with E-state index in [1.807, 2.05) is 18.2 Å². The molecule has 0 spiro atoms. The van der Waals surface area contributed by atoms with Gasteiger partial charge in [-0.3, -0.25) is 19.0 Å². The van der Waals surface area contributed by atoms with Crippen LogP contribution in [0, 0.1) is 6.92 Å². The maximum atomic E-state index is 13.0. The number of carbonyl (C=O) groups excluding carboxylic acids is 1. The van der Waals surface area contributed by atoms with Crippen molar-refractivity contribution in [1.82, 2.24) is 9.36 Å². The van der Waals surface area contributed by atoms with Gasteiger partial charge in [0.05, 0.1) is 16.3 Å². The van der Waals surface area contributed by atoms with Gasteiger partial charge >= 0.3 is 0 Å². The number of halogens is 1. The molecule has 8 nitrogen and oxygen atoms in total. The predicted octanol–water partition coefficient (Wildman–Crippen LogP) is 4.19. The fourth-order valence-corrected chi connectivity index (χ4v) is 4.60. The Balaban J connectivity index is 1.55. The molecule has 174 valence electrons. The summed E-state index contributed by atoms with van der Waals surface area (Å²) < 4.78 is 30.8. The number of amides is 1. The second kappa shape index (κ2) is 9.20. The zero-order chi connectivity index (χ0) is 24.5. The Morgan fingerprint density at radius 2 is 1.53 bits per heavy atom. The van der Waals surface area contributed by atoms with Gasteiger partial charge in [-0.1, -0.05) is 29.8 Å². The molecule has 10 heteroatoms. The summed E-state index contributed by atoms with van der Waals surface area (Å²) >= 11 is 5.83. The van der Waals surface area contributed by atoms with E-state index in [9.17, 15) is 18.0 Å². The first-order valence-corrected chi connectivity index (χ1v) is 12.1. The molecule has 0 radical (unpaired) electrons. The summed E-state index contributed by atoms with van der Waals surface area (Å²) in [7, 11) is -2.13. The maximum Gasteiger partial charge on any atom is 0.295 e. The average molecular weight is 497 g/mol. The van der Waals surface area contributed by atoms with Crippen LogP contribution in [-0.2, 0) is 17.1 Å². The number of carbonyl (C=O) groups is 1. The lowest BCUT2D eigenvalue weighted by Crippen LogP contribution is -2.23. The van der Waals surface area contributed by atoms with E-state index in [2.05, 4.69) is 10.0 Å². The topological polar surface area (TPSA) is 102 Å². The Labute approximate surface area is 201 Å². The highest BCUT2D eigenvalue weighted by molar-refractivity contribution is 7.92. The van der Waals surface area contributed by atoms with E-state index in [0.29, 0.717) is 22.1 Å². The van der Waals surface area contributed by atoms with E-state index in [1.165, 1.54) is 28.9 Å². The van der Waals surface area contributed by atoms with Crippen LogP contribution in [0.15, 0.2) is 88.6 Å². The highest BCUT2D eigenvalue weighted by Gasteiger charge is 2.20. The zero-order valence-electron chi connectivity index (χ0n) is 18.3. The molecule has 0 saturated heterocycles. The summed E-state index contributed by atoms with van der Waals surface area (Å²) in [5.41, 5.74) is 1.60. The van der Waals surface area contributed by atoms with Crippen molar-refractivity contribution < 1.29 is 13.2 Å². The first-order chi connectivity index (χ1) is 16.2. The lowest BCUT2D eigenvalue weighted by molar-refractivity contribution is 0.102. The molecule has 4 rings (SSSR count). The molecule has 0 unspecified atom stereocenters. The quantitative estimate of drug-likeness (QED) is 0.418. The molecule has 1 heterocycles. The number of hydrogen-bond donors (Lipinski definition) is 2. The van der Waals surface area contributed by atoms with Crippen molar-refractivity contribution in [3.63, 3.8) is 0 Å². The van der Waals surface area contributed by atoms with Crippen molar-refractivity contribution in [3.05, 3.63) is 105 Å². The van der Waals surface area contributed by atoms with E-state index in [1.54, 1.807) is 55.1 Å². The third kappa shape index (κ3) is 4.61. The molecule has 34 heavy (non-hydrogen) atoms. The number of rotatable bonds is 6. The minimum atomic E-state index is -3.86. The number of sulfonamides is 1. The summed E-state index contributed by atoms with van der Waals surface area (Å²) in [6.45, 7) is 1.73. The molecule has 0 atom stereocenters. The van der Waals surface area contributed by atoms with E-state index in [0.717, 1.165) is 0 Å². The zero-order valence-corrected chi connectivity index (χ0v) is 19.9. The van der Waals surface area contributed by atoms with Crippen molar-refractivity contribution in [1.29, 1.82) is 0 Å². The number of nitrogens with zero attached hydrogens (tertiary/aromatic N) is 2. The van der Waals surface area contributed by atoms with Gasteiger partial charge in [-0.25, -0.2) is 13.1 Å². The van der Waals surface area contributed by atoms with Crippen molar-refractivity contribution in [3.8, 4) is 5.69 Å². The van der Waals surface area contributed by atoms with Crippen LogP contribution in [0.2, 0.25) is 5.02 Å². The van der Waals surface area contributed by atoms with Gasteiger partial charge in [0.15, 0.2) is 0 Å². The number of anilines is 2. The summed E-state index contributed by atoms with van der Waals surface area (Å²) in [5, 5.41) is 3.15. The molecule has 1 aromatic heterocycles. The van der Waals surface area contributed by atoms with Crippen LogP contribution in [0.5, 0.6) is 0 Å². The minimum absolute atomic E-state index is 0.0127. The Bertz CT molecular complexity index is 1510. The fourth-order valence-electron chi connectivity index (χ4n) is 3.42. The normalized spacial score (nSPS) is 11.3. The summed E-state index contributed by atoms with van der Waals surface area (Å²) in [6.07, 6.45) is 0. The van der Waals surface area contributed by atoms with Crippen LogP contribution >= 0.6 is 11.6 Å². The van der Waals surface area contributed by atoms with E-state index in [-0.39, 0.29) is 21.7 Å². The van der Waals surface area contributed by atoms with Crippen molar-refractivity contribution >= 4 is 38.9 Å². The van der Waals surface area contributed by atoms with Gasteiger partial charge in [0.2, 0.25) is 0 Å². The van der Waals surface area contributed by atoms with Gasteiger partial charge in [-0.05, 0) is 67.6 Å². The van der Waals surface area contributed by atoms with Gasteiger partial charge in [0, 0.05) is 23.3 Å². The largest absolute Gasteiger partial charge is 0.316 e. The lowest BCUT2D eigenvalue weighted by atomic mass is 10.2. The van der Waals surface area contributed by atoms with Crippen LogP contribution in [0.4, 0.5) is 11.4 Å². The summed E-state index contributed by atoms with van der Waals surface area (Å²) in [6, 6.07) is 20.8. The number of hydrogen-bond acceptors (Lipinski definition) is 4. The number of benzene rings is 3. The Morgan fingerprint density at radius 3 is 2.15 bits per heavy atom. The molecule has 3 aromatic carbocycles. The van der Waals surface area contributed by atoms with Crippen LogP contribution in [0.25, 0.3) is 5.69 Å². The molecule has 2 N–H and O–H groups in total. The average Bonchev–Trinajstić information content (AvgIpc) is 3.04. The molecule has 0 bridgehead atoms. The number of nitrogens with one attached hydrogen (secondary N) is 2. The molecule has 0 aliphatic heterocycles. The van der Waals surface area contributed by atoms with E-state index < -0.39 is 15.9 Å². The molecule has 0 fully saturated rings. The Morgan fingerprint density at radius 1 is 0.912 bits per heavy atom. The first-order valence-electron chi connectivity index (χ1n) is 10.2. The monoisotopic (exact) mass is 496 g/mol. The van der Waals surface area contributed by atoms with E-state index in [4.69, 9.17) is 11.6 Å². The lowest BCUT2D eigenvalue weighted by Gasteiger charge is -2.09. The van der Waals surface area contributed by atoms with Gasteiger partial charge in [-0.15, -0.1) is 0 Å². The molecular formula is C24H21ClN4O4S. The predicted molar refractivity (Wildman–Crippen MR) is 132 cm³/mol. The molecule has 0 aliphatic carbocycles. The van der Waals surface area contributed by atoms with Gasteiger partial charge < -0.3 is 5.32 Å². The van der Waals surface area contributed by atoms with Crippen LogP contribution in [0.3, 0.4) is 0 Å². The molecular weight excluding hydrogens is 476 g/mol. The van der Waals surface area contributed by atoms with Crippen LogP contribution < -0.4 is 15.6 Å². The number of aromatic nitrogens is 2. The highest BCUT2D eigenvalue weighted by atomic mass is 35.5. The van der Waals surface area contributed by atoms with Crippen LogP contribution in [-0.4, -0.2) is 23.7 Å². The SMILES string of the molecule is Cc1c(NC(=O)c2ccc(S(=O)(=O)Nc3ccc(Cl)cc3)cc2)c(=O)n(-c2ccccc2)n1C. The maximum absolute atomic E-state index is 13.0. The van der Waals surface area contributed by atoms with Crippen molar-refractivity contribution in [2.24, 2.45) is 7.05 Å².